The third-order valence-electron chi connectivity index (χ3n) is 5.08. The molecule has 2 aromatic carbocycles. The van der Waals surface area contributed by atoms with Crippen LogP contribution in [0.1, 0.15) is 50.2 Å². The molecule has 0 radical (unpaired) electrons. The number of rotatable bonds is 14. The lowest BCUT2D eigenvalue weighted by molar-refractivity contribution is -0.148. The number of aliphatic carboxylic acids is 1. The molecule has 0 aromatic heterocycles. The van der Waals surface area contributed by atoms with E-state index < -0.39 is 23.9 Å². The molecule has 0 aliphatic heterocycles. The lowest BCUT2D eigenvalue weighted by Crippen LogP contribution is -2.43. The summed E-state index contributed by atoms with van der Waals surface area (Å²) in [6, 6.07) is 12.1. The summed E-state index contributed by atoms with van der Waals surface area (Å²) in [6.45, 7) is 2.27. The SMILES string of the molecule is CCCCOC(=O)[C@H](Cc1ccc(O)cc1)NC(=O)CCc1ccc(OC(=O)CCC(=O)O)cc1. The number of hydrogen-bond donors (Lipinski definition) is 3. The number of carboxylic acids is 1. The fourth-order valence-corrected chi connectivity index (χ4v) is 3.12. The molecule has 3 N–H and O–H groups in total. The minimum absolute atomic E-state index is 0.112. The van der Waals surface area contributed by atoms with E-state index in [1.165, 1.54) is 12.1 Å². The summed E-state index contributed by atoms with van der Waals surface area (Å²) in [5, 5.41) is 20.8. The van der Waals surface area contributed by atoms with Crippen LogP contribution in [0.15, 0.2) is 48.5 Å². The Morgan fingerprint density at radius 3 is 2.20 bits per heavy atom. The number of aryl methyl sites for hydroxylation is 1. The van der Waals surface area contributed by atoms with E-state index in [9.17, 15) is 24.3 Å². The molecule has 0 heterocycles. The van der Waals surface area contributed by atoms with E-state index in [2.05, 4.69) is 5.32 Å². The molecule has 0 spiro atoms. The van der Waals surface area contributed by atoms with E-state index in [4.69, 9.17) is 14.6 Å². The topological polar surface area (TPSA) is 139 Å². The molecule has 0 aliphatic rings. The first-order valence-corrected chi connectivity index (χ1v) is 11.5. The van der Waals surface area contributed by atoms with E-state index in [-0.39, 0.29) is 49.7 Å². The summed E-state index contributed by atoms with van der Waals surface area (Å²) >= 11 is 0. The second-order valence-electron chi connectivity index (χ2n) is 8.02. The maximum Gasteiger partial charge on any atom is 0.328 e. The van der Waals surface area contributed by atoms with Gasteiger partial charge in [-0.05, 0) is 48.2 Å². The van der Waals surface area contributed by atoms with E-state index in [1.54, 1.807) is 36.4 Å². The normalized spacial score (nSPS) is 11.3. The highest BCUT2D eigenvalue weighted by molar-refractivity contribution is 5.85. The second-order valence-corrected chi connectivity index (χ2v) is 8.02. The molecule has 1 amide bonds. The van der Waals surface area contributed by atoms with E-state index in [0.717, 1.165) is 24.0 Å². The van der Waals surface area contributed by atoms with Gasteiger partial charge in [0.25, 0.3) is 0 Å². The first-order chi connectivity index (χ1) is 16.8. The second kappa shape index (κ2) is 14.4. The molecule has 35 heavy (non-hydrogen) atoms. The van der Waals surface area contributed by atoms with Crippen LogP contribution in [0, 0.1) is 0 Å². The molecule has 9 heteroatoms. The zero-order valence-corrected chi connectivity index (χ0v) is 19.7. The summed E-state index contributed by atoms with van der Waals surface area (Å²) in [4.78, 5) is 47.3. The van der Waals surface area contributed by atoms with Gasteiger partial charge in [0.15, 0.2) is 0 Å². The maximum atomic E-state index is 12.6. The number of carboxylic acid groups (broad SMARTS) is 1. The number of carbonyl (C=O) groups is 4. The van der Waals surface area contributed by atoms with Crippen molar-refractivity contribution < 1.29 is 38.9 Å². The zero-order valence-electron chi connectivity index (χ0n) is 19.7. The van der Waals surface area contributed by atoms with Gasteiger partial charge in [0, 0.05) is 12.8 Å². The lowest BCUT2D eigenvalue weighted by atomic mass is 10.0. The van der Waals surface area contributed by atoms with Gasteiger partial charge >= 0.3 is 17.9 Å². The average Bonchev–Trinajstić information content (AvgIpc) is 2.83. The summed E-state index contributed by atoms with van der Waals surface area (Å²) in [5.74, 6) is -2.13. The molecule has 1 atom stereocenters. The van der Waals surface area contributed by atoms with Gasteiger partial charge in [-0.15, -0.1) is 0 Å². The van der Waals surface area contributed by atoms with Gasteiger partial charge in [0.05, 0.1) is 19.4 Å². The number of esters is 2. The van der Waals surface area contributed by atoms with Gasteiger partial charge in [-0.1, -0.05) is 37.6 Å². The predicted molar refractivity (Wildman–Crippen MR) is 127 cm³/mol. The largest absolute Gasteiger partial charge is 0.508 e. The summed E-state index contributed by atoms with van der Waals surface area (Å²) in [6.07, 6.45) is 1.86. The molecular weight excluding hydrogens is 454 g/mol. The molecule has 188 valence electrons. The Morgan fingerprint density at radius 2 is 1.57 bits per heavy atom. The van der Waals surface area contributed by atoms with Crippen LogP contribution in [0.3, 0.4) is 0 Å². The van der Waals surface area contributed by atoms with E-state index >= 15 is 0 Å². The van der Waals surface area contributed by atoms with Gasteiger partial charge in [-0.3, -0.25) is 14.4 Å². The number of aromatic hydroxyl groups is 1. The average molecular weight is 486 g/mol. The molecule has 9 nitrogen and oxygen atoms in total. The number of benzene rings is 2. The van der Waals surface area contributed by atoms with Crippen molar-refractivity contribution in [2.75, 3.05) is 6.61 Å². The van der Waals surface area contributed by atoms with E-state index in [1.807, 2.05) is 6.92 Å². The molecule has 0 bridgehead atoms. The Balaban J connectivity index is 1.89. The molecule has 0 fully saturated rings. The Hall–Kier alpha value is -3.88. The van der Waals surface area contributed by atoms with Gasteiger partial charge in [0.1, 0.15) is 17.5 Å². The quantitative estimate of drug-likeness (QED) is 0.211. The van der Waals surface area contributed by atoms with Crippen molar-refractivity contribution in [3.63, 3.8) is 0 Å². The number of unbranched alkanes of at least 4 members (excludes halogenated alkanes) is 1. The Bertz CT molecular complexity index is 985. The van der Waals surface area contributed by atoms with Crippen LogP contribution >= 0.6 is 0 Å². The van der Waals surface area contributed by atoms with Crippen LogP contribution in [-0.2, 0) is 36.8 Å². The fourth-order valence-electron chi connectivity index (χ4n) is 3.12. The Kier molecular flexibility index (Phi) is 11.3. The summed E-state index contributed by atoms with van der Waals surface area (Å²) in [7, 11) is 0. The summed E-state index contributed by atoms with van der Waals surface area (Å²) in [5.41, 5.74) is 1.60. The smallest absolute Gasteiger partial charge is 0.328 e. The molecule has 0 saturated heterocycles. The van der Waals surface area contributed by atoms with Crippen molar-refractivity contribution in [2.45, 2.75) is 57.9 Å². The van der Waals surface area contributed by atoms with Gasteiger partial charge in [-0.25, -0.2) is 4.79 Å². The molecular formula is C26H31NO8. The highest BCUT2D eigenvalue weighted by Gasteiger charge is 2.23. The number of phenolic OH excluding ortho intramolecular Hbond substituents is 1. The van der Waals surface area contributed by atoms with Crippen molar-refractivity contribution in [1.29, 1.82) is 0 Å². The number of phenols is 1. The fraction of sp³-hybridized carbons (Fsp3) is 0.385. The summed E-state index contributed by atoms with van der Waals surface area (Å²) < 4.78 is 10.4. The third kappa shape index (κ3) is 10.7. The molecule has 2 aromatic rings. The van der Waals surface area contributed by atoms with E-state index in [0.29, 0.717) is 6.42 Å². The minimum Gasteiger partial charge on any atom is -0.508 e. The van der Waals surface area contributed by atoms with Gasteiger partial charge in [0.2, 0.25) is 5.91 Å². The first kappa shape index (κ1) is 27.4. The highest BCUT2D eigenvalue weighted by Crippen LogP contribution is 2.15. The van der Waals surface area contributed by atoms with Crippen LogP contribution in [0.25, 0.3) is 0 Å². The van der Waals surface area contributed by atoms with Crippen molar-refractivity contribution in [1.82, 2.24) is 5.32 Å². The number of hydrogen-bond acceptors (Lipinski definition) is 7. The predicted octanol–water partition coefficient (Wildman–Crippen LogP) is 3.17. The van der Waals surface area contributed by atoms with Crippen LogP contribution in [0.4, 0.5) is 0 Å². The molecule has 0 aliphatic carbocycles. The standard InChI is InChI=1S/C26H31NO8/c1-2-3-16-34-26(33)22(17-19-4-9-20(28)10-5-19)27-23(29)13-8-18-6-11-21(12-7-18)35-25(32)15-14-24(30)31/h4-7,9-12,22,28H,2-3,8,13-17H2,1H3,(H,27,29)(H,30,31)/t22-/m0/s1. The minimum atomic E-state index is -1.07. The molecule has 0 unspecified atom stereocenters. The molecule has 2 rings (SSSR count). The number of nitrogens with one attached hydrogen (secondary N) is 1. The van der Waals surface area contributed by atoms with Crippen LogP contribution in [0.2, 0.25) is 0 Å². The number of ether oxygens (including phenoxy) is 2. The van der Waals surface area contributed by atoms with Crippen LogP contribution in [-0.4, -0.2) is 46.7 Å². The van der Waals surface area contributed by atoms with Crippen molar-refractivity contribution in [3.05, 3.63) is 59.7 Å². The van der Waals surface area contributed by atoms with Gasteiger partial charge < -0.3 is 25.0 Å². The van der Waals surface area contributed by atoms with Crippen LogP contribution in [0.5, 0.6) is 11.5 Å². The number of amides is 1. The molecule has 0 saturated carbocycles. The van der Waals surface area contributed by atoms with Crippen molar-refractivity contribution in [2.24, 2.45) is 0 Å². The zero-order chi connectivity index (χ0) is 25.6. The third-order valence-corrected chi connectivity index (χ3v) is 5.08. The first-order valence-electron chi connectivity index (χ1n) is 11.5. The van der Waals surface area contributed by atoms with Crippen molar-refractivity contribution in [3.8, 4) is 11.5 Å². The van der Waals surface area contributed by atoms with Gasteiger partial charge in [-0.2, -0.15) is 0 Å². The lowest BCUT2D eigenvalue weighted by Gasteiger charge is -2.18. The number of carbonyl (C=O) groups excluding carboxylic acids is 3. The Morgan fingerprint density at radius 1 is 0.914 bits per heavy atom. The monoisotopic (exact) mass is 485 g/mol. The Labute approximate surface area is 204 Å². The van der Waals surface area contributed by atoms with Crippen LogP contribution < -0.4 is 10.1 Å². The highest BCUT2D eigenvalue weighted by atomic mass is 16.5. The maximum absolute atomic E-state index is 12.6. The van der Waals surface area contributed by atoms with Crippen molar-refractivity contribution >= 4 is 23.8 Å².